The fourth-order valence-corrected chi connectivity index (χ4v) is 3.31. The third-order valence-corrected chi connectivity index (χ3v) is 5.01. The first-order valence-corrected chi connectivity index (χ1v) is 9.58. The van der Waals surface area contributed by atoms with Gasteiger partial charge in [-0.3, -0.25) is 9.67 Å². The summed E-state index contributed by atoms with van der Waals surface area (Å²) in [5.74, 6) is 2.30. The van der Waals surface area contributed by atoms with E-state index < -0.39 is 0 Å². The standard InChI is InChI=1S/C21H34N6O2/c1-15-9-19(28-7)20(29-8)10-16(15)13-26(5)21(22-2)23-12-18(25(3)4)17-11-24-27(6)14-17/h9-11,14,18H,12-13H2,1-8H3,(H,22,23). The molecule has 0 aliphatic rings. The van der Waals surface area contributed by atoms with Crippen LogP contribution < -0.4 is 14.8 Å². The Morgan fingerprint density at radius 3 is 2.38 bits per heavy atom. The third-order valence-electron chi connectivity index (χ3n) is 5.01. The van der Waals surface area contributed by atoms with E-state index in [1.165, 1.54) is 5.56 Å². The van der Waals surface area contributed by atoms with Crippen molar-refractivity contribution in [2.45, 2.75) is 19.5 Å². The summed E-state index contributed by atoms with van der Waals surface area (Å²) in [4.78, 5) is 8.73. The first-order chi connectivity index (χ1) is 13.8. The average Bonchev–Trinajstić information content (AvgIpc) is 3.11. The zero-order chi connectivity index (χ0) is 21.6. The monoisotopic (exact) mass is 402 g/mol. The van der Waals surface area contributed by atoms with E-state index in [1.54, 1.807) is 21.3 Å². The van der Waals surface area contributed by atoms with Gasteiger partial charge in [0.2, 0.25) is 0 Å². The van der Waals surface area contributed by atoms with E-state index in [0.717, 1.165) is 35.1 Å². The van der Waals surface area contributed by atoms with Gasteiger partial charge in [0, 0.05) is 46.0 Å². The number of hydrogen-bond acceptors (Lipinski definition) is 5. The SMILES string of the molecule is CN=C(NCC(c1cnn(C)c1)N(C)C)N(C)Cc1cc(OC)c(OC)cc1C. The smallest absolute Gasteiger partial charge is 0.193 e. The van der Waals surface area contributed by atoms with Crippen molar-refractivity contribution in [3.8, 4) is 11.5 Å². The largest absolute Gasteiger partial charge is 0.493 e. The lowest BCUT2D eigenvalue weighted by molar-refractivity contribution is 0.295. The lowest BCUT2D eigenvalue weighted by Crippen LogP contribution is -2.42. The third kappa shape index (κ3) is 5.63. The van der Waals surface area contributed by atoms with Crippen LogP contribution >= 0.6 is 0 Å². The Balaban J connectivity index is 2.10. The number of likely N-dealkylation sites (N-methyl/N-ethyl adjacent to an activating group) is 1. The molecule has 1 aromatic heterocycles. The van der Waals surface area contributed by atoms with Crippen molar-refractivity contribution in [3.63, 3.8) is 0 Å². The van der Waals surface area contributed by atoms with Gasteiger partial charge < -0.3 is 24.6 Å². The van der Waals surface area contributed by atoms with Gasteiger partial charge in [-0.15, -0.1) is 0 Å². The highest BCUT2D eigenvalue weighted by atomic mass is 16.5. The van der Waals surface area contributed by atoms with Crippen LogP contribution in [0, 0.1) is 6.92 Å². The molecule has 160 valence electrons. The second kappa shape index (κ2) is 10.2. The molecule has 0 spiro atoms. The molecular weight excluding hydrogens is 368 g/mol. The second-order valence-corrected chi connectivity index (χ2v) is 7.34. The highest BCUT2D eigenvalue weighted by Gasteiger charge is 2.18. The highest BCUT2D eigenvalue weighted by Crippen LogP contribution is 2.30. The van der Waals surface area contributed by atoms with E-state index in [0.29, 0.717) is 6.54 Å². The number of methoxy groups -OCH3 is 2. The van der Waals surface area contributed by atoms with Crippen LogP contribution in [-0.4, -0.2) is 74.5 Å². The minimum atomic E-state index is 0.191. The molecule has 0 saturated carbocycles. The number of hydrogen-bond donors (Lipinski definition) is 1. The molecular formula is C21H34N6O2. The van der Waals surface area contributed by atoms with Gasteiger partial charge in [0.15, 0.2) is 17.5 Å². The van der Waals surface area contributed by atoms with Crippen LogP contribution in [-0.2, 0) is 13.6 Å². The minimum absolute atomic E-state index is 0.191. The summed E-state index contributed by atoms with van der Waals surface area (Å²) < 4.78 is 12.7. The summed E-state index contributed by atoms with van der Waals surface area (Å²) >= 11 is 0. The number of aliphatic imine (C=N–C) groups is 1. The highest BCUT2D eigenvalue weighted by molar-refractivity contribution is 5.79. The molecule has 1 N–H and O–H groups in total. The molecule has 8 heteroatoms. The van der Waals surface area contributed by atoms with Gasteiger partial charge in [-0.05, 0) is 44.3 Å². The van der Waals surface area contributed by atoms with Gasteiger partial charge in [-0.1, -0.05) is 0 Å². The number of nitrogens with one attached hydrogen (secondary N) is 1. The van der Waals surface area contributed by atoms with Crippen LogP contribution in [0.1, 0.15) is 22.7 Å². The van der Waals surface area contributed by atoms with Crippen molar-refractivity contribution in [1.29, 1.82) is 0 Å². The minimum Gasteiger partial charge on any atom is -0.493 e. The van der Waals surface area contributed by atoms with E-state index >= 15 is 0 Å². The number of ether oxygens (including phenoxy) is 2. The summed E-state index contributed by atoms with van der Waals surface area (Å²) in [6, 6.07) is 4.22. The molecule has 8 nitrogen and oxygen atoms in total. The van der Waals surface area contributed by atoms with Gasteiger partial charge >= 0.3 is 0 Å². The number of nitrogens with zero attached hydrogens (tertiary/aromatic N) is 5. The number of rotatable bonds is 8. The molecule has 1 heterocycles. The molecule has 0 amide bonds. The van der Waals surface area contributed by atoms with Gasteiger partial charge in [-0.25, -0.2) is 0 Å². The Morgan fingerprint density at radius 1 is 1.21 bits per heavy atom. The van der Waals surface area contributed by atoms with Crippen LogP contribution in [0.4, 0.5) is 0 Å². The Morgan fingerprint density at radius 2 is 1.86 bits per heavy atom. The Hall–Kier alpha value is -2.74. The van der Waals surface area contributed by atoms with Crippen LogP contribution in [0.15, 0.2) is 29.5 Å². The predicted molar refractivity (Wildman–Crippen MR) is 117 cm³/mol. The maximum atomic E-state index is 5.45. The van der Waals surface area contributed by atoms with Crippen LogP contribution in [0.5, 0.6) is 11.5 Å². The lowest BCUT2D eigenvalue weighted by Gasteiger charge is -2.28. The molecule has 1 aromatic carbocycles. The molecule has 0 fully saturated rings. The van der Waals surface area contributed by atoms with Crippen molar-refractivity contribution in [1.82, 2.24) is 24.9 Å². The van der Waals surface area contributed by atoms with E-state index in [9.17, 15) is 0 Å². The van der Waals surface area contributed by atoms with Gasteiger partial charge in [0.05, 0.1) is 26.5 Å². The molecule has 2 aromatic rings. The summed E-state index contributed by atoms with van der Waals surface area (Å²) in [6.07, 6.45) is 3.96. The molecule has 2 rings (SSSR count). The topological polar surface area (TPSA) is 67.2 Å². The number of guanidine groups is 1. The maximum absolute atomic E-state index is 5.45. The quantitative estimate of drug-likeness (QED) is 0.539. The normalized spacial score (nSPS) is 12.8. The van der Waals surface area contributed by atoms with E-state index in [1.807, 2.05) is 43.3 Å². The van der Waals surface area contributed by atoms with Crippen LogP contribution in [0.25, 0.3) is 0 Å². The number of aryl methyl sites for hydroxylation is 2. The van der Waals surface area contributed by atoms with Crippen molar-refractivity contribution in [2.24, 2.45) is 12.0 Å². The van der Waals surface area contributed by atoms with Gasteiger partial charge in [0.1, 0.15) is 0 Å². The van der Waals surface area contributed by atoms with Crippen LogP contribution in [0.2, 0.25) is 0 Å². The zero-order valence-electron chi connectivity index (χ0n) is 18.9. The average molecular weight is 403 g/mol. The molecule has 1 atom stereocenters. The van der Waals surface area contributed by atoms with E-state index in [2.05, 4.69) is 46.2 Å². The molecule has 0 bridgehead atoms. The maximum Gasteiger partial charge on any atom is 0.193 e. The molecule has 29 heavy (non-hydrogen) atoms. The lowest BCUT2D eigenvalue weighted by atomic mass is 10.1. The Labute approximate surface area is 174 Å². The number of benzene rings is 1. The van der Waals surface area contributed by atoms with Crippen molar-refractivity contribution < 1.29 is 9.47 Å². The number of aromatic nitrogens is 2. The summed E-state index contributed by atoms with van der Waals surface area (Å²) in [5, 5.41) is 7.79. The Bertz CT molecular complexity index is 831. The van der Waals surface area contributed by atoms with Gasteiger partial charge in [0.25, 0.3) is 0 Å². The van der Waals surface area contributed by atoms with Crippen molar-refractivity contribution in [3.05, 3.63) is 41.2 Å². The Kier molecular flexibility index (Phi) is 7.90. The van der Waals surface area contributed by atoms with Crippen molar-refractivity contribution in [2.75, 3.05) is 49.0 Å². The van der Waals surface area contributed by atoms with Crippen LogP contribution in [0.3, 0.4) is 0 Å². The molecule has 0 aliphatic heterocycles. The zero-order valence-corrected chi connectivity index (χ0v) is 18.9. The van der Waals surface area contributed by atoms with E-state index in [4.69, 9.17) is 9.47 Å². The second-order valence-electron chi connectivity index (χ2n) is 7.34. The summed E-state index contributed by atoms with van der Waals surface area (Å²) in [7, 11) is 13.2. The first kappa shape index (κ1) is 22.5. The molecule has 0 aliphatic carbocycles. The molecule has 0 saturated heterocycles. The van der Waals surface area contributed by atoms with E-state index in [-0.39, 0.29) is 6.04 Å². The van der Waals surface area contributed by atoms with Crippen molar-refractivity contribution >= 4 is 5.96 Å². The summed E-state index contributed by atoms with van der Waals surface area (Å²) in [6.45, 7) is 3.50. The molecule has 0 radical (unpaired) electrons. The first-order valence-electron chi connectivity index (χ1n) is 9.58. The predicted octanol–water partition coefficient (Wildman–Crippen LogP) is 2.06. The van der Waals surface area contributed by atoms with Gasteiger partial charge in [-0.2, -0.15) is 5.10 Å². The fraction of sp³-hybridized carbons (Fsp3) is 0.524. The summed E-state index contributed by atoms with van der Waals surface area (Å²) in [5.41, 5.74) is 3.47. The molecule has 1 unspecified atom stereocenters. The fourth-order valence-electron chi connectivity index (χ4n) is 3.31.